The van der Waals surface area contributed by atoms with Crippen LogP contribution in [0.15, 0.2) is 24.5 Å². The minimum absolute atomic E-state index is 0.0434. The van der Waals surface area contributed by atoms with E-state index in [0.29, 0.717) is 46.3 Å². The molecule has 2 aromatic heterocycles. The molecular weight excluding hydrogens is 472 g/mol. The third kappa shape index (κ3) is 4.75. The standard InChI is InChI=1S/C25H27F2N5O4/c1-13-21(25(34)31-18-9-32(8-17(18)27)20(33)11-35-2)23-24(30-13)22(28-12-29-23)16-7-15(26)5-6-19(16)36-10-14-3-4-14/h5-7,12,14,17-18,30H,3-4,8-11H2,1-2H3,(H,31,34)/t17-,18+/m0/s1. The summed E-state index contributed by atoms with van der Waals surface area (Å²) in [5.41, 5.74) is 2.35. The number of benzene rings is 1. The van der Waals surface area contributed by atoms with Crippen molar-refractivity contribution in [2.24, 2.45) is 5.92 Å². The highest BCUT2D eigenvalue weighted by molar-refractivity contribution is 6.09. The van der Waals surface area contributed by atoms with Gasteiger partial charge < -0.3 is 24.7 Å². The average molecular weight is 500 g/mol. The SMILES string of the molecule is COCC(=O)N1C[C@H](F)[C@H](NC(=O)c2c(C)[nH]c3c(-c4cc(F)ccc4OCC4CC4)ncnc23)C1. The summed E-state index contributed by atoms with van der Waals surface area (Å²) in [5, 5.41) is 2.70. The van der Waals surface area contributed by atoms with E-state index in [1.165, 1.54) is 30.5 Å². The lowest BCUT2D eigenvalue weighted by Crippen LogP contribution is -2.42. The Hall–Kier alpha value is -3.60. The highest BCUT2D eigenvalue weighted by Gasteiger charge is 2.37. The molecule has 9 nitrogen and oxygen atoms in total. The second-order valence-corrected chi connectivity index (χ2v) is 9.29. The van der Waals surface area contributed by atoms with E-state index in [2.05, 4.69) is 20.3 Å². The first-order valence-electron chi connectivity index (χ1n) is 11.8. The summed E-state index contributed by atoms with van der Waals surface area (Å²) in [7, 11) is 1.39. The van der Waals surface area contributed by atoms with Gasteiger partial charge in [-0.1, -0.05) is 0 Å². The molecule has 11 heteroatoms. The molecule has 2 amide bonds. The normalized spacial score (nSPS) is 19.6. The number of carbonyl (C=O) groups is 2. The molecule has 2 atom stereocenters. The number of aryl methyl sites for hydroxylation is 1. The fourth-order valence-corrected chi connectivity index (χ4v) is 4.47. The van der Waals surface area contributed by atoms with Crippen molar-refractivity contribution in [1.82, 2.24) is 25.2 Å². The van der Waals surface area contributed by atoms with Crippen molar-refractivity contribution in [1.29, 1.82) is 0 Å². The minimum Gasteiger partial charge on any atom is -0.493 e. The van der Waals surface area contributed by atoms with Gasteiger partial charge in [-0.3, -0.25) is 9.59 Å². The Kier molecular flexibility index (Phi) is 6.57. The molecule has 0 bridgehead atoms. The number of likely N-dealkylation sites (tertiary alicyclic amines) is 1. The third-order valence-electron chi connectivity index (χ3n) is 6.55. The van der Waals surface area contributed by atoms with Gasteiger partial charge in [-0.15, -0.1) is 0 Å². The summed E-state index contributed by atoms with van der Waals surface area (Å²) in [6.07, 6.45) is 2.11. The van der Waals surface area contributed by atoms with E-state index >= 15 is 0 Å². The smallest absolute Gasteiger partial charge is 0.255 e. The molecule has 1 aromatic carbocycles. The second-order valence-electron chi connectivity index (χ2n) is 9.29. The number of aromatic amines is 1. The number of amides is 2. The molecule has 1 aliphatic carbocycles. The number of fused-ring (bicyclic) bond motifs is 1. The van der Waals surface area contributed by atoms with Gasteiger partial charge in [0.05, 0.1) is 30.3 Å². The third-order valence-corrected chi connectivity index (χ3v) is 6.55. The molecule has 3 heterocycles. The zero-order valence-corrected chi connectivity index (χ0v) is 20.0. The Morgan fingerprint density at radius 2 is 2.06 bits per heavy atom. The van der Waals surface area contributed by atoms with E-state index in [4.69, 9.17) is 9.47 Å². The number of hydrogen-bond donors (Lipinski definition) is 2. The van der Waals surface area contributed by atoms with Crippen LogP contribution in [0.3, 0.4) is 0 Å². The van der Waals surface area contributed by atoms with Crippen LogP contribution in [0.2, 0.25) is 0 Å². The van der Waals surface area contributed by atoms with Crippen LogP contribution in [0.4, 0.5) is 8.78 Å². The van der Waals surface area contributed by atoms with Gasteiger partial charge in [-0.2, -0.15) is 0 Å². The monoisotopic (exact) mass is 499 g/mol. The number of nitrogens with one attached hydrogen (secondary N) is 2. The Bertz CT molecular complexity index is 1310. The van der Waals surface area contributed by atoms with Crippen LogP contribution >= 0.6 is 0 Å². The maximum Gasteiger partial charge on any atom is 0.255 e. The van der Waals surface area contributed by atoms with Gasteiger partial charge in [-0.05, 0) is 43.9 Å². The summed E-state index contributed by atoms with van der Waals surface area (Å²) in [4.78, 5) is 38.4. The quantitative estimate of drug-likeness (QED) is 0.493. The molecule has 36 heavy (non-hydrogen) atoms. The van der Waals surface area contributed by atoms with E-state index < -0.39 is 23.9 Å². The molecular formula is C25H27F2N5O4. The van der Waals surface area contributed by atoms with Gasteiger partial charge in [0, 0.05) is 24.9 Å². The van der Waals surface area contributed by atoms with Crippen LogP contribution in [-0.2, 0) is 9.53 Å². The van der Waals surface area contributed by atoms with Gasteiger partial charge in [0.1, 0.15) is 41.9 Å². The lowest BCUT2D eigenvalue weighted by atomic mass is 10.1. The number of alkyl halides is 1. The molecule has 0 unspecified atom stereocenters. The van der Waals surface area contributed by atoms with Crippen LogP contribution in [0.5, 0.6) is 5.75 Å². The molecule has 0 radical (unpaired) electrons. The Morgan fingerprint density at radius 1 is 1.25 bits per heavy atom. The molecule has 1 saturated carbocycles. The number of nitrogens with zero attached hydrogens (tertiary/aromatic N) is 3. The van der Waals surface area contributed by atoms with E-state index in [9.17, 15) is 18.4 Å². The second kappa shape index (κ2) is 9.81. The first-order valence-corrected chi connectivity index (χ1v) is 11.8. The molecule has 3 aromatic rings. The number of aromatic nitrogens is 3. The van der Waals surface area contributed by atoms with Crippen LogP contribution < -0.4 is 10.1 Å². The summed E-state index contributed by atoms with van der Waals surface area (Å²) in [6, 6.07) is 3.38. The highest BCUT2D eigenvalue weighted by Crippen LogP contribution is 2.36. The number of H-pyrrole nitrogens is 1. The summed E-state index contributed by atoms with van der Waals surface area (Å²) >= 11 is 0. The van der Waals surface area contributed by atoms with Gasteiger partial charge in [0.15, 0.2) is 0 Å². The van der Waals surface area contributed by atoms with E-state index in [1.54, 1.807) is 13.0 Å². The molecule has 2 aliphatic rings. The van der Waals surface area contributed by atoms with Crippen molar-refractivity contribution in [3.63, 3.8) is 0 Å². The van der Waals surface area contributed by atoms with Gasteiger partial charge >= 0.3 is 0 Å². The molecule has 1 saturated heterocycles. The fraction of sp³-hybridized carbons (Fsp3) is 0.440. The maximum atomic E-state index is 14.6. The predicted molar refractivity (Wildman–Crippen MR) is 127 cm³/mol. The van der Waals surface area contributed by atoms with Crippen molar-refractivity contribution in [3.05, 3.63) is 41.6 Å². The van der Waals surface area contributed by atoms with Gasteiger partial charge in [0.25, 0.3) is 5.91 Å². The lowest BCUT2D eigenvalue weighted by molar-refractivity contribution is -0.134. The van der Waals surface area contributed by atoms with Crippen molar-refractivity contribution in [2.75, 3.05) is 33.4 Å². The Morgan fingerprint density at radius 3 is 2.81 bits per heavy atom. The van der Waals surface area contributed by atoms with Crippen molar-refractivity contribution >= 4 is 22.8 Å². The Balaban J connectivity index is 1.43. The van der Waals surface area contributed by atoms with Crippen LogP contribution in [-0.4, -0.2) is 77.3 Å². The molecule has 1 aliphatic heterocycles. The number of methoxy groups -OCH3 is 1. The van der Waals surface area contributed by atoms with Crippen LogP contribution in [0, 0.1) is 18.7 Å². The first kappa shape index (κ1) is 24.1. The van der Waals surface area contributed by atoms with E-state index in [1.807, 2.05) is 0 Å². The number of hydrogen-bond acceptors (Lipinski definition) is 6. The summed E-state index contributed by atoms with van der Waals surface area (Å²) in [5.74, 6) is -0.311. The van der Waals surface area contributed by atoms with Crippen molar-refractivity contribution < 1.29 is 27.8 Å². The first-order chi connectivity index (χ1) is 17.4. The van der Waals surface area contributed by atoms with Crippen molar-refractivity contribution in [3.8, 4) is 17.0 Å². The molecule has 190 valence electrons. The Labute approximate surface area is 206 Å². The van der Waals surface area contributed by atoms with Crippen molar-refractivity contribution in [2.45, 2.75) is 32.0 Å². The zero-order chi connectivity index (χ0) is 25.4. The van der Waals surface area contributed by atoms with Crippen LogP contribution in [0.1, 0.15) is 28.9 Å². The summed E-state index contributed by atoms with van der Waals surface area (Å²) < 4.78 is 39.6. The molecule has 2 fully saturated rings. The van der Waals surface area contributed by atoms with E-state index in [0.717, 1.165) is 12.8 Å². The van der Waals surface area contributed by atoms with Crippen LogP contribution in [0.25, 0.3) is 22.3 Å². The number of halogens is 2. The predicted octanol–water partition coefficient (Wildman–Crippen LogP) is 2.79. The average Bonchev–Trinajstić information content (AvgIpc) is 3.51. The summed E-state index contributed by atoms with van der Waals surface area (Å²) in [6.45, 7) is 2.02. The topological polar surface area (TPSA) is 109 Å². The molecule has 0 spiro atoms. The van der Waals surface area contributed by atoms with Gasteiger partial charge in [0.2, 0.25) is 5.91 Å². The number of rotatable bonds is 8. The number of carbonyl (C=O) groups excluding carboxylic acids is 2. The van der Waals surface area contributed by atoms with Gasteiger partial charge in [-0.25, -0.2) is 18.7 Å². The van der Waals surface area contributed by atoms with E-state index in [-0.39, 0.29) is 31.2 Å². The zero-order valence-electron chi connectivity index (χ0n) is 20.0. The molecule has 2 N–H and O–H groups in total. The largest absolute Gasteiger partial charge is 0.493 e. The highest BCUT2D eigenvalue weighted by atomic mass is 19.1. The molecule has 5 rings (SSSR count). The lowest BCUT2D eigenvalue weighted by Gasteiger charge is -2.16. The number of ether oxygens (including phenoxy) is 2. The maximum absolute atomic E-state index is 14.6. The minimum atomic E-state index is -1.41. The fourth-order valence-electron chi connectivity index (χ4n) is 4.47.